The maximum atomic E-state index is 13.4. The Hall–Kier alpha value is -1.14. The molecule has 0 saturated carbocycles. The summed E-state index contributed by atoms with van der Waals surface area (Å²) in [5.41, 5.74) is 0. The van der Waals surface area contributed by atoms with Crippen LogP contribution in [0.3, 0.4) is 0 Å². The molecule has 2 rings (SSSR count). The second-order valence-electron chi connectivity index (χ2n) is 3.35. The molecule has 0 saturated heterocycles. The number of rotatable bonds is 0. The molecule has 0 aromatic heterocycles. The Kier molecular flexibility index (Phi) is 2.40. The lowest BCUT2D eigenvalue weighted by Gasteiger charge is -2.10. The summed E-state index contributed by atoms with van der Waals surface area (Å²) in [6.45, 7) is 1.85. The van der Waals surface area contributed by atoms with Crippen molar-refractivity contribution in [1.82, 2.24) is 4.72 Å². The fourth-order valence-corrected chi connectivity index (χ4v) is 2.70. The van der Waals surface area contributed by atoms with Gasteiger partial charge in [0.2, 0.25) is 10.0 Å². The molecular weight excluding hydrogens is 221 g/mol. The molecule has 1 unspecified atom stereocenters. The Balaban J connectivity index is 2.67. The zero-order valence-corrected chi connectivity index (χ0v) is 8.84. The summed E-state index contributed by atoms with van der Waals surface area (Å²) in [6.07, 6.45) is -0.317. The topological polar surface area (TPSA) is 55.4 Å². The van der Waals surface area contributed by atoms with Gasteiger partial charge in [0.1, 0.15) is 17.7 Å². The zero-order chi connectivity index (χ0) is 11.1. The highest BCUT2D eigenvalue weighted by atomic mass is 32.2. The van der Waals surface area contributed by atoms with Gasteiger partial charge in [-0.1, -0.05) is 6.07 Å². The molecule has 6 heteroatoms. The predicted octanol–water partition coefficient (Wildman–Crippen LogP) is 0.885. The number of ether oxygens (including phenoxy) is 1. The van der Waals surface area contributed by atoms with Crippen molar-refractivity contribution in [3.05, 3.63) is 24.0 Å². The average molecular weight is 231 g/mol. The zero-order valence-electron chi connectivity index (χ0n) is 8.03. The minimum absolute atomic E-state index is 0.0625. The van der Waals surface area contributed by atoms with Crippen LogP contribution in [0.2, 0.25) is 0 Å². The van der Waals surface area contributed by atoms with E-state index < -0.39 is 20.7 Å². The molecule has 0 bridgehead atoms. The van der Waals surface area contributed by atoms with Gasteiger partial charge in [-0.3, -0.25) is 0 Å². The maximum absolute atomic E-state index is 13.4. The van der Waals surface area contributed by atoms with Crippen molar-refractivity contribution in [3.8, 4) is 5.75 Å². The number of sulfonamides is 1. The molecule has 0 spiro atoms. The van der Waals surface area contributed by atoms with Gasteiger partial charge in [0.25, 0.3) is 0 Å². The number of hydrogen-bond acceptors (Lipinski definition) is 3. The van der Waals surface area contributed by atoms with E-state index in [2.05, 4.69) is 4.72 Å². The van der Waals surface area contributed by atoms with E-state index in [0.29, 0.717) is 0 Å². The average Bonchev–Trinajstić information content (AvgIpc) is 2.25. The molecule has 15 heavy (non-hydrogen) atoms. The highest BCUT2D eigenvalue weighted by molar-refractivity contribution is 7.89. The van der Waals surface area contributed by atoms with Gasteiger partial charge >= 0.3 is 0 Å². The second-order valence-corrected chi connectivity index (χ2v) is 5.05. The lowest BCUT2D eigenvalue weighted by Crippen LogP contribution is -2.30. The molecule has 0 amide bonds. The summed E-state index contributed by atoms with van der Waals surface area (Å²) >= 11 is 0. The predicted molar refractivity (Wildman–Crippen MR) is 51.7 cm³/mol. The van der Waals surface area contributed by atoms with E-state index in [1.165, 1.54) is 12.1 Å². The molecule has 1 aliphatic rings. The smallest absolute Gasteiger partial charge is 0.247 e. The van der Waals surface area contributed by atoms with E-state index in [-0.39, 0.29) is 18.4 Å². The van der Waals surface area contributed by atoms with Crippen LogP contribution in [-0.2, 0) is 10.0 Å². The first kappa shape index (κ1) is 10.4. The number of benzene rings is 1. The molecule has 4 nitrogen and oxygen atoms in total. The van der Waals surface area contributed by atoms with Crippen LogP contribution in [0.15, 0.2) is 23.1 Å². The lowest BCUT2D eigenvalue weighted by molar-refractivity contribution is 0.222. The largest absolute Gasteiger partial charge is 0.488 e. The summed E-state index contributed by atoms with van der Waals surface area (Å²) in [7, 11) is -3.79. The third-order valence-electron chi connectivity index (χ3n) is 2.09. The van der Waals surface area contributed by atoms with Crippen molar-refractivity contribution in [3.63, 3.8) is 0 Å². The van der Waals surface area contributed by atoms with E-state index in [4.69, 9.17) is 4.74 Å². The molecular formula is C9H10FNO3S. The van der Waals surface area contributed by atoms with Gasteiger partial charge in [0, 0.05) is 6.54 Å². The summed E-state index contributed by atoms with van der Waals surface area (Å²) < 4.78 is 44.2. The molecule has 82 valence electrons. The van der Waals surface area contributed by atoms with Crippen molar-refractivity contribution >= 4 is 10.0 Å². The third-order valence-corrected chi connectivity index (χ3v) is 3.57. The molecule has 1 heterocycles. The first-order chi connectivity index (χ1) is 7.00. The highest BCUT2D eigenvalue weighted by Gasteiger charge is 2.28. The standard InChI is InChI=1S/C9H10FNO3S/c1-6-5-11-15(12,13)9-7(10)3-2-4-8(9)14-6/h2-4,6,11H,5H2,1H3. The van der Waals surface area contributed by atoms with E-state index in [1.807, 2.05) is 0 Å². The van der Waals surface area contributed by atoms with Crippen molar-refractivity contribution in [2.45, 2.75) is 17.9 Å². The van der Waals surface area contributed by atoms with E-state index in [9.17, 15) is 12.8 Å². The summed E-state index contributed by atoms with van der Waals surface area (Å²) in [5, 5.41) is 0. The molecule has 0 aliphatic carbocycles. The van der Waals surface area contributed by atoms with Crippen LogP contribution >= 0.6 is 0 Å². The first-order valence-electron chi connectivity index (χ1n) is 4.45. The van der Waals surface area contributed by atoms with Crippen LogP contribution in [0.1, 0.15) is 6.92 Å². The van der Waals surface area contributed by atoms with Crippen LogP contribution in [-0.4, -0.2) is 21.1 Å². The first-order valence-corrected chi connectivity index (χ1v) is 5.94. The van der Waals surface area contributed by atoms with Gasteiger partial charge in [-0.15, -0.1) is 0 Å². The van der Waals surface area contributed by atoms with Gasteiger partial charge in [0.05, 0.1) is 0 Å². The minimum Gasteiger partial charge on any atom is -0.488 e. The summed E-state index contributed by atoms with van der Waals surface area (Å²) in [5.74, 6) is -0.735. The van der Waals surface area contributed by atoms with Crippen molar-refractivity contribution in [1.29, 1.82) is 0 Å². The molecule has 1 aliphatic heterocycles. The van der Waals surface area contributed by atoms with E-state index >= 15 is 0 Å². The Labute approximate surface area is 87.1 Å². The Morgan fingerprint density at radius 2 is 2.27 bits per heavy atom. The van der Waals surface area contributed by atoms with Crippen LogP contribution in [0.5, 0.6) is 5.75 Å². The normalized spacial score (nSPS) is 23.7. The Morgan fingerprint density at radius 3 is 3.00 bits per heavy atom. The van der Waals surface area contributed by atoms with E-state index in [1.54, 1.807) is 6.92 Å². The van der Waals surface area contributed by atoms with Crippen LogP contribution < -0.4 is 9.46 Å². The van der Waals surface area contributed by atoms with Crippen LogP contribution in [0.4, 0.5) is 4.39 Å². The van der Waals surface area contributed by atoms with Crippen molar-refractivity contribution in [2.24, 2.45) is 0 Å². The number of halogens is 1. The third kappa shape index (κ3) is 1.82. The fourth-order valence-electron chi connectivity index (χ4n) is 1.40. The van der Waals surface area contributed by atoms with Crippen molar-refractivity contribution < 1.29 is 17.5 Å². The second kappa shape index (κ2) is 3.46. The molecule has 1 N–H and O–H groups in total. The van der Waals surface area contributed by atoms with Crippen LogP contribution in [0.25, 0.3) is 0 Å². The van der Waals surface area contributed by atoms with Crippen molar-refractivity contribution in [2.75, 3.05) is 6.54 Å². The van der Waals surface area contributed by atoms with Gasteiger partial charge in [-0.05, 0) is 19.1 Å². The molecule has 1 atom stereocenters. The molecule has 0 radical (unpaired) electrons. The SMILES string of the molecule is CC1CNS(=O)(=O)c2c(F)cccc2O1. The minimum atomic E-state index is -3.79. The van der Waals surface area contributed by atoms with Gasteiger partial charge in [-0.25, -0.2) is 17.5 Å². The van der Waals surface area contributed by atoms with Crippen LogP contribution in [0, 0.1) is 5.82 Å². The maximum Gasteiger partial charge on any atom is 0.247 e. The van der Waals surface area contributed by atoms with E-state index in [0.717, 1.165) is 6.07 Å². The summed E-state index contributed by atoms with van der Waals surface area (Å²) in [6, 6.07) is 3.96. The molecule has 1 aromatic rings. The summed E-state index contributed by atoms with van der Waals surface area (Å²) in [4.78, 5) is -0.408. The number of hydrogen-bond donors (Lipinski definition) is 1. The highest BCUT2D eigenvalue weighted by Crippen LogP contribution is 2.28. The quantitative estimate of drug-likeness (QED) is 0.721. The van der Waals surface area contributed by atoms with Gasteiger partial charge < -0.3 is 4.74 Å². The number of fused-ring (bicyclic) bond motifs is 1. The Morgan fingerprint density at radius 1 is 1.53 bits per heavy atom. The molecule has 1 aromatic carbocycles. The van der Waals surface area contributed by atoms with Gasteiger partial charge in [-0.2, -0.15) is 0 Å². The Bertz CT molecular complexity index is 486. The molecule has 0 fully saturated rings. The lowest BCUT2D eigenvalue weighted by atomic mass is 10.3. The van der Waals surface area contributed by atoms with Gasteiger partial charge in [0.15, 0.2) is 4.90 Å². The number of nitrogens with one attached hydrogen (secondary N) is 1. The fraction of sp³-hybridized carbons (Fsp3) is 0.333. The monoisotopic (exact) mass is 231 g/mol.